The number of urea groups is 1. The molecule has 0 saturated carbocycles. The Morgan fingerprint density at radius 3 is 2.62 bits per heavy atom. The number of carbonyl (C=O) groups is 1. The van der Waals surface area contributed by atoms with Gasteiger partial charge in [0.15, 0.2) is 0 Å². The molecule has 2 aromatic carbocycles. The summed E-state index contributed by atoms with van der Waals surface area (Å²) < 4.78 is 43.5. The Kier molecular flexibility index (Phi) is 8.33. The van der Waals surface area contributed by atoms with Gasteiger partial charge in [-0.1, -0.05) is 25.1 Å². The average molecular weight is 478 g/mol. The third-order valence-corrected chi connectivity index (χ3v) is 6.47. The van der Waals surface area contributed by atoms with Crippen LogP contribution in [0.25, 0.3) is 11.1 Å². The number of fused-ring (bicyclic) bond motifs is 1. The minimum absolute atomic E-state index is 0.123. The number of hydrogen-bond donors (Lipinski definition) is 2. The van der Waals surface area contributed by atoms with Gasteiger partial charge in [-0.15, -0.1) is 0 Å². The Morgan fingerprint density at radius 2 is 1.97 bits per heavy atom. The van der Waals surface area contributed by atoms with Crippen molar-refractivity contribution in [2.45, 2.75) is 64.7 Å². The predicted octanol–water partition coefficient (Wildman–Crippen LogP) is 6.54. The highest BCUT2D eigenvalue weighted by molar-refractivity contribution is 5.77. The van der Waals surface area contributed by atoms with Crippen molar-refractivity contribution in [3.8, 4) is 16.9 Å². The van der Waals surface area contributed by atoms with Crippen LogP contribution >= 0.6 is 0 Å². The van der Waals surface area contributed by atoms with E-state index in [9.17, 15) is 18.0 Å². The number of nitrogens with zero attached hydrogens (tertiary/aromatic N) is 1. The number of benzene rings is 2. The zero-order valence-corrected chi connectivity index (χ0v) is 20.3. The van der Waals surface area contributed by atoms with Gasteiger partial charge in [0.1, 0.15) is 5.75 Å². The molecule has 0 fully saturated rings. The first-order valence-electron chi connectivity index (χ1n) is 11.9. The first kappa shape index (κ1) is 25.7. The summed E-state index contributed by atoms with van der Waals surface area (Å²) in [6.07, 6.45) is -3.88. The molecule has 2 amide bonds. The van der Waals surface area contributed by atoms with Gasteiger partial charge in [0.25, 0.3) is 0 Å². The van der Waals surface area contributed by atoms with E-state index in [0.29, 0.717) is 13.0 Å². The molecule has 0 unspecified atom stereocenters. The highest BCUT2D eigenvalue weighted by Crippen LogP contribution is 2.38. The summed E-state index contributed by atoms with van der Waals surface area (Å²) in [4.78, 5) is 14.6. The molecule has 0 bridgehead atoms. The maximum atomic E-state index is 13.0. The molecule has 1 heterocycles. The van der Waals surface area contributed by atoms with Crippen molar-refractivity contribution in [1.29, 1.82) is 0 Å². The van der Waals surface area contributed by atoms with Crippen molar-refractivity contribution in [2.75, 3.05) is 25.5 Å². The van der Waals surface area contributed by atoms with Gasteiger partial charge in [-0.05, 0) is 73.6 Å². The van der Waals surface area contributed by atoms with Crippen LogP contribution in [-0.2, 0) is 6.42 Å². The zero-order chi connectivity index (χ0) is 24.9. The quantitative estimate of drug-likeness (QED) is 0.431. The molecule has 1 aliphatic heterocycles. The van der Waals surface area contributed by atoms with E-state index in [1.165, 1.54) is 5.56 Å². The van der Waals surface area contributed by atoms with Crippen LogP contribution < -0.4 is 15.4 Å². The lowest BCUT2D eigenvalue weighted by Crippen LogP contribution is -2.45. The Labute approximate surface area is 199 Å². The average Bonchev–Trinajstić information content (AvgIpc) is 3.29. The van der Waals surface area contributed by atoms with Crippen molar-refractivity contribution >= 4 is 11.7 Å². The predicted molar refractivity (Wildman–Crippen MR) is 129 cm³/mol. The molecule has 0 spiro atoms. The third-order valence-electron chi connectivity index (χ3n) is 6.47. The highest BCUT2D eigenvalue weighted by atomic mass is 19.4. The molecule has 2 N–H and O–H groups in total. The number of amides is 2. The molecular weight excluding hydrogens is 443 g/mol. The lowest BCUT2D eigenvalue weighted by atomic mass is 9.97. The third kappa shape index (κ3) is 6.15. The Hall–Kier alpha value is -2.90. The fraction of sp³-hybridized carbons (Fsp3) is 0.500. The summed E-state index contributed by atoms with van der Waals surface area (Å²) in [5, 5.41) is 6.16. The first-order chi connectivity index (χ1) is 16.2. The molecule has 2 atom stereocenters. The fourth-order valence-corrected chi connectivity index (χ4v) is 4.45. The summed E-state index contributed by atoms with van der Waals surface area (Å²) in [6, 6.07) is 11.1. The minimum atomic E-state index is -4.23. The Morgan fingerprint density at radius 1 is 1.21 bits per heavy atom. The number of carbonyl (C=O) groups excluding carboxylic acids is 1. The molecule has 1 aliphatic rings. The molecule has 5 nitrogen and oxygen atoms in total. The maximum absolute atomic E-state index is 13.0. The Balaban J connectivity index is 1.78. The fourth-order valence-electron chi connectivity index (χ4n) is 4.45. The number of nitrogens with one attached hydrogen (secondary N) is 2. The molecule has 0 saturated heterocycles. The molecular formula is C26H34F3N3O2. The van der Waals surface area contributed by atoms with Crippen LogP contribution in [0.15, 0.2) is 36.4 Å². The van der Waals surface area contributed by atoms with Crippen molar-refractivity contribution < 1.29 is 22.7 Å². The lowest BCUT2D eigenvalue weighted by Gasteiger charge is -2.31. The number of hydrogen-bond acceptors (Lipinski definition) is 3. The van der Waals surface area contributed by atoms with Crippen molar-refractivity contribution in [3.63, 3.8) is 0 Å². The van der Waals surface area contributed by atoms with Gasteiger partial charge in [-0.25, -0.2) is 4.79 Å². The number of halogens is 3. The van der Waals surface area contributed by atoms with E-state index in [2.05, 4.69) is 22.8 Å². The number of ether oxygens (including phenoxy) is 1. The number of alkyl halides is 3. The van der Waals surface area contributed by atoms with Crippen molar-refractivity contribution in [3.05, 3.63) is 47.5 Å². The van der Waals surface area contributed by atoms with E-state index in [-0.39, 0.29) is 18.5 Å². The molecule has 2 aromatic rings. The highest BCUT2D eigenvalue weighted by Gasteiger charge is 2.29. The smallest absolute Gasteiger partial charge is 0.389 e. The van der Waals surface area contributed by atoms with Crippen molar-refractivity contribution in [1.82, 2.24) is 10.2 Å². The monoisotopic (exact) mass is 477 g/mol. The van der Waals surface area contributed by atoms with Gasteiger partial charge in [0, 0.05) is 25.6 Å². The summed E-state index contributed by atoms with van der Waals surface area (Å²) in [6.45, 7) is 6.91. The van der Waals surface area contributed by atoms with Crippen LogP contribution in [0.3, 0.4) is 0 Å². The van der Waals surface area contributed by atoms with E-state index in [1.807, 2.05) is 38.1 Å². The van der Waals surface area contributed by atoms with Gasteiger partial charge >= 0.3 is 12.2 Å². The summed E-state index contributed by atoms with van der Waals surface area (Å²) >= 11 is 0. The van der Waals surface area contributed by atoms with Gasteiger partial charge in [0.2, 0.25) is 0 Å². The molecule has 8 heteroatoms. The van der Waals surface area contributed by atoms with Crippen molar-refractivity contribution in [2.24, 2.45) is 0 Å². The van der Waals surface area contributed by atoms with Crippen LogP contribution in [0.4, 0.5) is 23.7 Å². The summed E-state index contributed by atoms with van der Waals surface area (Å²) in [5.74, 6) is 0.808. The normalized spacial score (nSPS) is 14.7. The number of methoxy groups -OCH3 is 1. The van der Waals surface area contributed by atoms with Gasteiger partial charge in [0.05, 0.1) is 18.8 Å². The van der Waals surface area contributed by atoms with E-state index in [1.54, 1.807) is 18.9 Å². The molecule has 0 radical (unpaired) electrons. The van der Waals surface area contributed by atoms with E-state index >= 15 is 0 Å². The first-order valence-corrected chi connectivity index (χ1v) is 11.9. The van der Waals surface area contributed by atoms with E-state index in [4.69, 9.17) is 4.74 Å². The van der Waals surface area contributed by atoms with Crippen LogP contribution in [0.5, 0.6) is 5.75 Å². The second-order valence-electron chi connectivity index (χ2n) is 8.69. The molecule has 34 heavy (non-hydrogen) atoms. The zero-order valence-electron chi connectivity index (χ0n) is 20.3. The second kappa shape index (κ2) is 11.0. The number of anilines is 1. The summed E-state index contributed by atoms with van der Waals surface area (Å²) in [5.41, 5.74) is 5.27. The topological polar surface area (TPSA) is 53.6 Å². The van der Waals surface area contributed by atoms with Crippen LogP contribution in [0.1, 0.15) is 57.2 Å². The second-order valence-corrected chi connectivity index (χ2v) is 8.69. The standard InChI is InChI=1S/C26H34F3N3O2/c1-5-22(10-12-26(27,28)29)31-25(33)32(6-2)17(3)18-8-7-9-19(14-18)21-15-20-11-13-30-24(20)23(16-21)34-4/h7-9,14-17,22,30H,5-6,10-13H2,1-4H3,(H,31,33)/t17-,22-/m1/s1. The minimum Gasteiger partial charge on any atom is -0.495 e. The molecule has 0 aromatic heterocycles. The Bertz CT molecular complexity index is 994. The van der Waals surface area contributed by atoms with Gasteiger partial charge < -0.3 is 20.3 Å². The SMILES string of the molecule is CC[C@H](CCC(F)(F)F)NC(=O)N(CC)[C@H](C)c1cccc(-c2cc3c(c(OC)c2)NCC3)c1. The van der Waals surface area contributed by atoms with Gasteiger partial charge in [-0.3, -0.25) is 0 Å². The van der Waals surface area contributed by atoms with Crippen LogP contribution in [0.2, 0.25) is 0 Å². The maximum Gasteiger partial charge on any atom is 0.389 e. The van der Waals surface area contributed by atoms with E-state index < -0.39 is 18.6 Å². The van der Waals surface area contributed by atoms with Crippen LogP contribution in [0, 0.1) is 0 Å². The number of rotatable bonds is 9. The summed E-state index contributed by atoms with van der Waals surface area (Å²) in [7, 11) is 1.66. The van der Waals surface area contributed by atoms with Crippen LogP contribution in [-0.4, -0.2) is 43.3 Å². The van der Waals surface area contributed by atoms with Gasteiger partial charge in [-0.2, -0.15) is 13.2 Å². The molecule has 3 rings (SSSR count). The lowest BCUT2D eigenvalue weighted by molar-refractivity contribution is -0.136. The largest absolute Gasteiger partial charge is 0.495 e. The molecule has 0 aliphatic carbocycles. The molecule has 186 valence electrons. The van der Waals surface area contributed by atoms with E-state index in [0.717, 1.165) is 41.1 Å².